The Hall–Kier alpha value is -1.99. The van der Waals surface area contributed by atoms with Crippen LogP contribution in [-0.4, -0.2) is 22.9 Å². The number of thiophene rings is 1. The second-order valence-corrected chi connectivity index (χ2v) is 6.67. The van der Waals surface area contributed by atoms with Crippen LogP contribution in [0.15, 0.2) is 28.7 Å². The SMILES string of the molecule is Cc1cc(C(=O)O)c(N2C(=O)c3ccc(Br)cc3C2=O)s1. The number of nitrogens with zero attached hydrogens (tertiary/aromatic N) is 1. The number of anilines is 1. The fourth-order valence-corrected chi connectivity index (χ4v) is 3.57. The highest BCUT2D eigenvalue weighted by Gasteiger charge is 2.39. The van der Waals surface area contributed by atoms with E-state index in [1.807, 2.05) is 0 Å². The molecule has 7 heteroatoms. The minimum Gasteiger partial charge on any atom is -0.478 e. The largest absolute Gasteiger partial charge is 0.478 e. The Kier molecular flexibility index (Phi) is 3.18. The van der Waals surface area contributed by atoms with E-state index in [1.54, 1.807) is 25.1 Å². The van der Waals surface area contributed by atoms with E-state index in [2.05, 4.69) is 15.9 Å². The van der Waals surface area contributed by atoms with Crippen LogP contribution < -0.4 is 4.90 Å². The first kappa shape index (κ1) is 14.0. The maximum absolute atomic E-state index is 12.4. The van der Waals surface area contributed by atoms with Gasteiger partial charge >= 0.3 is 5.97 Å². The number of benzene rings is 1. The zero-order chi connectivity index (χ0) is 15.3. The van der Waals surface area contributed by atoms with Gasteiger partial charge in [-0.25, -0.2) is 9.69 Å². The summed E-state index contributed by atoms with van der Waals surface area (Å²) < 4.78 is 0.685. The van der Waals surface area contributed by atoms with Crippen molar-refractivity contribution in [2.45, 2.75) is 6.92 Å². The molecule has 1 aromatic carbocycles. The van der Waals surface area contributed by atoms with Crippen molar-refractivity contribution >= 4 is 50.1 Å². The molecule has 0 aliphatic carbocycles. The second-order valence-electron chi connectivity index (χ2n) is 4.52. The van der Waals surface area contributed by atoms with Gasteiger partial charge in [0.15, 0.2) is 0 Å². The summed E-state index contributed by atoms with van der Waals surface area (Å²) in [5.41, 5.74) is 0.522. The lowest BCUT2D eigenvalue weighted by Crippen LogP contribution is -2.29. The lowest BCUT2D eigenvalue weighted by molar-refractivity contribution is 0.0698. The molecule has 1 aliphatic rings. The Bertz CT molecular complexity index is 811. The molecule has 0 spiro atoms. The molecule has 2 heterocycles. The highest BCUT2D eigenvalue weighted by atomic mass is 79.9. The molecule has 2 aromatic rings. The molecule has 0 atom stereocenters. The third-order valence-corrected chi connectivity index (χ3v) is 4.65. The van der Waals surface area contributed by atoms with Gasteiger partial charge in [0.05, 0.1) is 16.7 Å². The lowest BCUT2D eigenvalue weighted by atomic mass is 10.1. The molecule has 2 amide bonds. The summed E-state index contributed by atoms with van der Waals surface area (Å²) in [6.07, 6.45) is 0. The normalized spacial score (nSPS) is 13.7. The van der Waals surface area contributed by atoms with Crippen molar-refractivity contribution in [2.24, 2.45) is 0 Å². The number of amides is 2. The zero-order valence-electron chi connectivity index (χ0n) is 10.7. The molecule has 106 valence electrons. The highest BCUT2D eigenvalue weighted by molar-refractivity contribution is 9.10. The number of carbonyl (C=O) groups excluding carboxylic acids is 2. The van der Waals surface area contributed by atoms with Crippen LogP contribution in [0, 0.1) is 6.92 Å². The fourth-order valence-electron chi connectivity index (χ4n) is 2.22. The second kappa shape index (κ2) is 4.78. The van der Waals surface area contributed by atoms with Crippen molar-refractivity contribution in [1.29, 1.82) is 0 Å². The van der Waals surface area contributed by atoms with Crippen LogP contribution in [0.4, 0.5) is 5.00 Å². The van der Waals surface area contributed by atoms with E-state index in [9.17, 15) is 19.5 Å². The topological polar surface area (TPSA) is 74.7 Å². The van der Waals surface area contributed by atoms with Crippen LogP contribution in [0.1, 0.15) is 36.0 Å². The number of imide groups is 1. The first-order chi connectivity index (χ1) is 9.90. The molecule has 0 unspecified atom stereocenters. The Labute approximate surface area is 131 Å². The molecule has 0 saturated heterocycles. The lowest BCUT2D eigenvalue weighted by Gasteiger charge is -2.12. The minimum absolute atomic E-state index is 0.0360. The number of aromatic carboxylic acids is 1. The van der Waals surface area contributed by atoms with Crippen LogP contribution in [0.3, 0.4) is 0 Å². The van der Waals surface area contributed by atoms with Crippen molar-refractivity contribution in [2.75, 3.05) is 4.90 Å². The average Bonchev–Trinajstić information content (AvgIpc) is 2.90. The predicted molar refractivity (Wildman–Crippen MR) is 81.3 cm³/mol. The summed E-state index contributed by atoms with van der Waals surface area (Å²) in [4.78, 5) is 37.8. The van der Waals surface area contributed by atoms with Gasteiger partial charge in [-0.3, -0.25) is 9.59 Å². The van der Waals surface area contributed by atoms with Crippen LogP contribution in [0.2, 0.25) is 0 Å². The van der Waals surface area contributed by atoms with Gasteiger partial charge in [-0.05, 0) is 31.2 Å². The number of rotatable bonds is 2. The maximum atomic E-state index is 12.4. The molecule has 5 nitrogen and oxygen atoms in total. The van der Waals surface area contributed by atoms with Gasteiger partial charge < -0.3 is 5.11 Å². The van der Waals surface area contributed by atoms with Crippen molar-refractivity contribution in [3.05, 3.63) is 50.3 Å². The predicted octanol–water partition coefficient (Wildman–Crippen LogP) is 3.32. The summed E-state index contributed by atoms with van der Waals surface area (Å²) in [6, 6.07) is 6.25. The van der Waals surface area contributed by atoms with E-state index < -0.39 is 17.8 Å². The maximum Gasteiger partial charge on any atom is 0.338 e. The molecule has 0 fully saturated rings. The molecular formula is C14H8BrNO4S. The van der Waals surface area contributed by atoms with Gasteiger partial charge in [-0.15, -0.1) is 11.3 Å². The Balaban J connectivity index is 2.16. The van der Waals surface area contributed by atoms with Crippen LogP contribution in [0.5, 0.6) is 0 Å². The summed E-state index contributed by atoms with van der Waals surface area (Å²) in [6.45, 7) is 1.73. The molecule has 1 aromatic heterocycles. The van der Waals surface area contributed by atoms with Gasteiger partial charge in [-0.2, -0.15) is 0 Å². The summed E-state index contributed by atoms with van der Waals surface area (Å²) in [5.74, 6) is -2.15. The molecule has 0 radical (unpaired) electrons. The van der Waals surface area contributed by atoms with E-state index >= 15 is 0 Å². The van der Waals surface area contributed by atoms with Crippen molar-refractivity contribution < 1.29 is 19.5 Å². The van der Waals surface area contributed by atoms with E-state index in [0.717, 1.165) is 21.1 Å². The number of fused-ring (bicyclic) bond motifs is 1. The van der Waals surface area contributed by atoms with E-state index in [0.29, 0.717) is 4.47 Å². The molecule has 1 aliphatic heterocycles. The fraction of sp³-hybridized carbons (Fsp3) is 0.0714. The number of carbonyl (C=O) groups is 3. The van der Waals surface area contributed by atoms with E-state index in [-0.39, 0.29) is 21.7 Å². The number of hydrogen-bond donors (Lipinski definition) is 1. The van der Waals surface area contributed by atoms with Crippen LogP contribution in [-0.2, 0) is 0 Å². The molecular weight excluding hydrogens is 358 g/mol. The first-order valence-corrected chi connectivity index (χ1v) is 7.53. The number of carboxylic acid groups (broad SMARTS) is 1. The summed E-state index contributed by atoms with van der Waals surface area (Å²) in [5, 5.41) is 9.38. The van der Waals surface area contributed by atoms with Crippen LogP contribution >= 0.6 is 27.3 Å². The van der Waals surface area contributed by atoms with Crippen molar-refractivity contribution in [1.82, 2.24) is 0 Å². The highest BCUT2D eigenvalue weighted by Crippen LogP contribution is 2.37. The van der Waals surface area contributed by atoms with Gasteiger partial charge in [0.25, 0.3) is 11.8 Å². The monoisotopic (exact) mass is 365 g/mol. The Morgan fingerprint density at radius 1 is 1.19 bits per heavy atom. The Morgan fingerprint density at radius 3 is 2.52 bits per heavy atom. The van der Waals surface area contributed by atoms with Gasteiger partial charge in [0.1, 0.15) is 5.00 Å². The van der Waals surface area contributed by atoms with E-state index in [4.69, 9.17) is 0 Å². The van der Waals surface area contributed by atoms with Gasteiger partial charge in [-0.1, -0.05) is 15.9 Å². The quantitative estimate of drug-likeness (QED) is 0.828. The van der Waals surface area contributed by atoms with Crippen molar-refractivity contribution in [3.63, 3.8) is 0 Å². The average molecular weight is 366 g/mol. The molecule has 0 saturated carbocycles. The summed E-state index contributed by atoms with van der Waals surface area (Å²) >= 11 is 4.37. The molecule has 3 rings (SSSR count). The zero-order valence-corrected chi connectivity index (χ0v) is 13.1. The third kappa shape index (κ3) is 2.09. The standard InChI is InChI=1S/C14H8BrNO4S/c1-6-4-10(14(19)20)13(21-6)16-11(17)8-3-2-7(15)5-9(8)12(16)18/h2-5H,1H3,(H,19,20). The van der Waals surface area contributed by atoms with Crippen molar-refractivity contribution in [3.8, 4) is 0 Å². The third-order valence-electron chi connectivity index (χ3n) is 3.12. The number of hydrogen-bond acceptors (Lipinski definition) is 4. The minimum atomic E-state index is -1.16. The van der Waals surface area contributed by atoms with Gasteiger partial charge in [0.2, 0.25) is 0 Å². The first-order valence-electron chi connectivity index (χ1n) is 5.92. The number of halogens is 1. The molecule has 21 heavy (non-hydrogen) atoms. The summed E-state index contributed by atoms with van der Waals surface area (Å²) in [7, 11) is 0. The number of carboxylic acids is 1. The van der Waals surface area contributed by atoms with Crippen LogP contribution in [0.25, 0.3) is 0 Å². The van der Waals surface area contributed by atoms with Gasteiger partial charge in [0, 0.05) is 9.35 Å². The Morgan fingerprint density at radius 2 is 1.86 bits per heavy atom. The smallest absolute Gasteiger partial charge is 0.338 e. The number of aryl methyl sites for hydroxylation is 1. The molecule has 1 N–H and O–H groups in total. The van der Waals surface area contributed by atoms with E-state index in [1.165, 1.54) is 6.07 Å². The molecule has 0 bridgehead atoms.